The van der Waals surface area contributed by atoms with Crippen molar-refractivity contribution in [1.29, 1.82) is 5.26 Å². The predicted octanol–water partition coefficient (Wildman–Crippen LogP) is 2.02. The highest BCUT2D eigenvalue weighted by molar-refractivity contribution is 5.41. The van der Waals surface area contributed by atoms with E-state index in [0.29, 0.717) is 12.2 Å². The summed E-state index contributed by atoms with van der Waals surface area (Å²) in [7, 11) is 0. The largest absolute Gasteiger partial charge is 0.508 e. The van der Waals surface area contributed by atoms with Crippen LogP contribution in [0.4, 0.5) is 0 Å². The van der Waals surface area contributed by atoms with Gasteiger partial charge in [-0.1, -0.05) is 12.1 Å². The Balaban J connectivity index is 2.39. The number of hydrogen-bond acceptors (Lipinski definition) is 2. The van der Waals surface area contributed by atoms with Crippen molar-refractivity contribution in [2.45, 2.75) is 19.3 Å². The lowest BCUT2D eigenvalue weighted by atomic mass is 9.84. The van der Waals surface area contributed by atoms with Crippen LogP contribution in [-0.2, 0) is 12.8 Å². The van der Waals surface area contributed by atoms with E-state index < -0.39 is 0 Å². The fraction of sp³-hybridized carbons (Fsp3) is 0.364. The molecule has 0 saturated carbocycles. The number of nitriles is 1. The monoisotopic (exact) mass is 173 g/mol. The molecule has 0 heterocycles. The van der Waals surface area contributed by atoms with Crippen LogP contribution in [0.1, 0.15) is 17.5 Å². The molecule has 0 bridgehead atoms. The SMILES string of the molecule is N#CC1CCc2cccc(O)c2C1. The fourth-order valence-electron chi connectivity index (χ4n) is 1.88. The number of aryl methyl sites for hydroxylation is 1. The van der Waals surface area contributed by atoms with Crippen molar-refractivity contribution in [3.63, 3.8) is 0 Å². The molecule has 66 valence electrons. The Morgan fingerprint density at radius 2 is 2.31 bits per heavy atom. The highest BCUT2D eigenvalue weighted by Crippen LogP contribution is 2.30. The van der Waals surface area contributed by atoms with E-state index in [0.717, 1.165) is 18.4 Å². The molecule has 1 N–H and O–H groups in total. The van der Waals surface area contributed by atoms with Crippen LogP contribution in [0.25, 0.3) is 0 Å². The molecule has 1 aliphatic carbocycles. The van der Waals surface area contributed by atoms with Crippen molar-refractivity contribution in [3.05, 3.63) is 29.3 Å². The summed E-state index contributed by atoms with van der Waals surface area (Å²) in [4.78, 5) is 0. The second-order valence-electron chi connectivity index (χ2n) is 3.48. The molecule has 0 radical (unpaired) electrons. The van der Waals surface area contributed by atoms with Crippen molar-refractivity contribution in [2.24, 2.45) is 5.92 Å². The van der Waals surface area contributed by atoms with Gasteiger partial charge in [0.2, 0.25) is 0 Å². The minimum atomic E-state index is 0.0841. The average molecular weight is 173 g/mol. The molecule has 0 saturated heterocycles. The number of fused-ring (bicyclic) bond motifs is 1. The van der Waals surface area contributed by atoms with Gasteiger partial charge in [-0.2, -0.15) is 5.26 Å². The van der Waals surface area contributed by atoms with Crippen LogP contribution < -0.4 is 0 Å². The Morgan fingerprint density at radius 3 is 3.08 bits per heavy atom. The number of hydrogen-bond donors (Lipinski definition) is 1. The zero-order chi connectivity index (χ0) is 9.26. The summed E-state index contributed by atoms with van der Waals surface area (Å²) in [6, 6.07) is 7.85. The highest BCUT2D eigenvalue weighted by atomic mass is 16.3. The molecule has 1 aromatic rings. The summed E-state index contributed by atoms with van der Waals surface area (Å²) in [6.45, 7) is 0. The third kappa shape index (κ3) is 1.38. The second kappa shape index (κ2) is 3.10. The van der Waals surface area contributed by atoms with Gasteiger partial charge in [0, 0.05) is 0 Å². The third-order valence-electron chi connectivity index (χ3n) is 2.64. The molecule has 1 aliphatic rings. The zero-order valence-corrected chi connectivity index (χ0v) is 7.33. The van der Waals surface area contributed by atoms with E-state index in [1.54, 1.807) is 6.07 Å². The number of benzene rings is 1. The maximum absolute atomic E-state index is 9.56. The molecule has 1 unspecified atom stereocenters. The molecule has 0 fully saturated rings. The zero-order valence-electron chi connectivity index (χ0n) is 7.33. The quantitative estimate of drug-likeness (QED) is 0.652. The van der Waals surface area contributed by atoms with Gasteiger partial charge in [-0.25, -0.2) is 0 Å². The van der Waals surface area contributed by atoms with E-state index in [1.165, 1.54) is 5.56 Å². The fourth-order valence-corrected chi connectivity index (χ4v) is 1.88. The molecule has 0 aliphatic heterocycles. The maximum Gasteiger partial charge on any atom is 0.119 e. The minimum absolute atomic E-state index is 0.0841. The first kappa shape index (κ1) is 8.12. The van der Waals surface area contributed by atoms with Gasteiger partial charge < -0.3 is 5.11 Å². The topological polar surface area (TPSA) is 44.0 Å². The van der Waals surface area contributed by atoms with Crippen LogP contribution in [0.5, 0.6) is 5.75 Å². The Bertz CT molecular complexity index is 365. The van der Waals surface area contributed by atoms with Gasteiger partial charge in [0.05, 0.1) is 12.0 Å². The molecule has 0 amide bonds. The van der Waals surface area contributed by atoms with Gasteiger partial charge in [-0.05, 0) is 36.5 Å². The molecule has 0 aromatic heterocycles. The van der Waals surface area contributed by atoms with Crippen LogP contribution in [0.15, 0.2) is 18.2 Å². The molecular formula is C11H11NO. The van der Waals surface area contributed by atoms with Gasteiger partial charge in [0.1, 0.15) is 5.75 Å². The van der Waals surface area contributed by atoms with Gasteiger partial charge in [-0.3, -0.25) is 0 Å². The number of nitrogens with zero attached hydrogens (tertiary/aromatic N) is 1. The molecule has 2 heteroatoms. The number of phenols is 1. The first-order valence-electron chi connectivity index (χ1n) is 4.50. The summed E-state index contributed by atoms with van der Waals surface area (Å²) < 4.78 is 0. The van der Waals surface area contributed by atoms with E-state index in [-0.39, 0.29) is 5.92 Å². The normalized spacial score (nSPS) is 20.4. The maximum atomic E-state index is 9.56. The summed E-state index contributed by atoms with van der Waals surface area (Å²) in [5.74, 6) is 0.429. The van der Waals surface area contributed by atoms with Gasteiger partial charge in [0.15, 0.2) is 0 Å². The second-order valence-corrected chi connectivity index (χ2v) is 3.48. The first-order chi connectivity index (χ1) is 6.31. The van der Waals surface area contributed by atoms with Crippen LogP contribution in [-0.4, -0.2) is 5.11 Å². The van der Waals surface area contributed by atoms with Gasteiger partial charge in [0.25, 0.3) is 0 Å². The van der Waals surface area contributed by atoms with E-state index in [9.17, 15) is 5.11 Å². The number of aromatic hydroxyl groups is 1. The van der Waals surface area contributed by atoms with Crippen LogP contribution in [0.3, 0.4) is 0 Å². The number of rotatable bonds is 0. The molecule has 2 rings (SSSR count). The predicted molar refractivity (Wildman–Crippen MR) is 49.2 cm³/mol. The van der Waals surface area contributed by atoms with Crippen molar-refractivity contribution in [1.82, 2.24) is 0 Å². The van der Waals surface area contributed by atoms with Crippen molar-refractivity contribution in [3.8, 4) is 11.8 Å². The summed E-state index contributed by atoms with van der Waals surface area (Å²) >= 11 is 0. The standard InChI is InChI=1S/C11H11NO/c12-7-8-4-5-9-2-1-3-11(13)10(9)6-8/h1-3,8,13H,4-6H2. The summed E-state index contributed by atoms with van der Waals surface area (Å²) in [5.41, 5.74) is 2.17. The van der Waals surface area contributed by atoms with Crippen LogP contribution in [0.2, 0.25) is 0 Å². The third-order valence-corrected chi connectivity index (χ3v) is 2.64. The van der Waals surface area contributed by atoms with Crippen molar-refractivity contribution in [2.75, 3.05) is 0 Å². The smallest absolute Gasteiger partial charge is 0.119 e. The van der Waals surface area contributed by atoms with E-state index >= 15 is 0 Å². The molecule has 1 atom stereocenters. The van der Waals surface area contributed by atoms with Crippen LogP contribution >= 0.6 is 0 Å². The van der Waals surface area contributed by atoms with E-state index in [1.807, 2.05) is 12.1 Å². The Morgan fingerprint density at radius 1 is 1.46 bits per heavy atom. The summed E-state index contributed by atoms with van der Waals surface area (Å²) in [5, 5.41) is 18.3. The highest BCUT2D eigenvalue weighted by Gasteiger charge is 2.20. The lowest BCUT2D eigenvalue weighted by molar-refractivity contribution is 0.452. The Labute approximate surface area is 77.4 Å². The Kier molecular flexibility index (Phi) is 1.94. The molecule has 1 aromatic carbocycles. The van der Waals surface area contributed by atoms with Gasteiger partial charge >= 0.3 is 0 Å². The number of phenolic OH excluding ortho intramolecular Hbond substituents is 1. The molecule has 2 nitrogen and oxygen atoms in total. The lowest BCUT2D eigenvalue weighted by Crippen LogP contribution is -2.12. The van der Waals surface area contributed by atoms with Crippen LogP contribution in [0, 0.1) is 17.2 Å². The first-order valence-corrected chi connectivity index (χ1v) is 4.50. The Hall–Kier alpha value is -1.49. The average Bonchev–Trinajstić information content (AvgIpc) is 2.18. The lowest BCUT2D eigenvalue weighted by Gasteiger charge is -2.20. The van der Waals surface area contributed by atoms with E-state index in [4.69, 9.17) is 5.26 Å². The molecular weight excluding hydrogens is 162 g/mol. The van der Waals surface area contributed by atoms with Crippen molar-refractivity contribution < 1.29 is 5.11 Å². The summed E-state index contributed by atoms with van der Waals surface area (Å²) in [6.07, 6.45) is 2.55. The molecule has 13 heavy (non-hydrogen) atoms. The van der Waals surface area contributed by atoms with Gasteiger partial charge in [-0.15, -0.1) is 0 Å². The van der Waals surface area contributed by atoms with Crippen molar-refractivity contribution >= 4 is 0 Å². The van der Waals surface area contributed by atoms with E-state index in [2.05, 4.69) is 6.07 Å². The minimum Gasteiger partial charge on any atom is -0.508 e. The molecule has 0 spiro atoms.